The van der Waals surface area contributed by atoms with E-state index in [-0.39, 0.29) is 6.04 Å². The molecule has 1 atom stereocenters. The second kappa shape index (κ2) is 6.96. The van der Waals surface area contributed by atoms with Crippen molar-refractivity contribution in [1.29, 1.82) is 0 Å². The lowest BCUT2D eigenvalue weighted by Crippen LogP contribution is -2.26. The fraction of sp³-hybridized carbons (Fsp3) is 0.188. The number of thiazole rings is 1. The highest BCUT2D eigenvalue weighted by atomic mass is 35.5. The summed E-state index contributed by atoms with van der Waals surface area (Å²) in [7, 11) is 2.05. The van der Waals surface area contributed by atoms with Crippen LogP contribution in [-0.2, 0) is 6.54 Å². The Hall–Kier alpha value is -1.82. The Morgan fingerprint density at radius 3 is 2.45 bits per heavy atom. The third-order valence-corrected chi connectivity index (χ3v) is 4.34. The molecule has 0 aliphatic rings. The van der Waals surface area contributed by atoms with Gasteiger partial charge in [-0.25, -0.2) is 15.0 Å². The topological polar surface area (TPSA) is 41.9 Å². The van der Waals surface area contributed by atoms with Gasteiger partial charge in [-0.15, -0.1) is 11.3 Å². The Kier molecular flexibility index (Phi) is 4.77. The maximum atomic E-state index is 6.00. The first-order chi connectivity index (χ1) is 10.7. The summed E-state index contributed by atoms with van der Waals surface area (Å²) < 4.78 is 0. The van der Waals surface area contributed by atoms with E-state index in [4.69, 9.17) is 11.6 Å². The highest BCUT2D eigenvalue weighted by molar-refractivity contribution is 7.09. The van der Waals surface area contributed by atoms with Crippen molar-refractivity contribution in [2.45, 2.75) is 12.6 Å². The maximum Gasteiger partial charge on any atom is 0.149 e. The summed E-state index contributed by atoms with van der Waals surface area (Å²) in [6.45, 7) is 0.739. The molecule has 0 saturated heterocycles. The van der Waals surface area contributed by atoms with E-state index in [1.54, 1.807) is 23.7 Å². The number of rotatable bonds is 5. The predicted octanol–water partition coefficient (Wildman–Crippen LogP) is 3.81. The first kappa shape index (κ1) is 15.1. The third-order valence-electron chi connectivity index (χ3n) is 3.32. The molecule has 0 fully saturated rings. The van der Waals surface area contributed by atoms with E-state index in [0.717, 1.165) is 28.0 Å². The third kappa shape index (κ3) is 3.50. The molecule has 4 nitrogen and oxygen atoms in total. The van der Waals surface area contributed by atoms with E-state index in [0.29, 0.717) is 0 Å². The van der Waals surface area contributed by atoms with Crippen LogP contribution in [-0.4, -0.2) is 26.9 Å². The Morgan fingerprint density at radius 2 is 1.82 bits per heavy atom. The molecule has 0 bridgehead atoms. The molecule has 3 aromatic rings. The number of hydrogen-bond acceptors (Lipinski definition) is 5. The van der Waals surface area contributed by atoms with E-state index in [2.05, 4.69) is 26.9 Å². The standard InChI is InChI=1S/C16H15ClN4S/c1-21(11-14-18-9-10-22-14)15(16-19-7-2-8-20-16)12-3-5-13(17)6-4-12/h2-10,15H,11H2,1H3/t15-/m0/s1. The molecule has 0 radical (unpaired) electrons. The Balaban J connectivity index is 1.93. The molecule has 22 heavy (non-hydrogen) atoms. The zero-order chi connectivity index (χ0) is 15.4. The van der Waals surface area contributed by atoms with E-state index in [1.165, 1.54) is 0 Å². The normalized spacial score (nSPS) is 12.5. The fourth-order valence-electron chi connectivity index (χ4n) is 2.33. The smallest absolute Gasteiger partial charge is 0.149 e. The van der Waals surface area contributed by atoms with Crippen molar-refractivity contribution in [2.75, 3.05) is 7.05 Å². The van der Waals surface area contributed by atoms with Crippen molar-refractivity contribution in [3.63, 3.8) is 0 Å². The summed E-state index contributed by atoms with van der Waals surface area (Å²) in [4.78, 5) is 15.4. The molecule has 0 saturated carbocycles. The molecule has 0 spiro atoms. The van der Waals surface area contributed by atoms with E-state index < -0.39 is 0 Å². The van der Waals surface area contributed by atoms with Crippen molar-refractivity contribution in [3.05, 3.63) is 75.7 Å². The van der Waals surface area contributed by atoms with Crippen LogP contribution >= 0.6 is 22.9 Å². The van der Waals surface area contributed by atoms with Crippen molar-refractivity contribution >= 4 is 22.9 Å². The summed E-state index contributed by atoms with van der Waals surface area (Å²) in [5.74, 6) is 0.767. The van der Waals surface area contributed by atoms with E-state index >= 15 is 0 Å². The van der Waals surface area contributed by atoms with Crippen molar-refractivity contribution in [1.82, 2.24) is 19.9 Å². The molecule has 1 aromatic carbocycles. The largest absolute Gasteiger partial charge is 0.286 e. The van der Waals surface area contributed by atoms with Crippen LogP contribution in [0.3, 0.4) is 0 Å². The highest BCUT2D eigenvalue weighted by Gasteiger charge is 2.22. The van der Waals surface area contributed by atoms with Crippen LogP contribution in [0.1, 0.15) is 22.4 Å². The van der Waals surface area contributed by atoms with Crippen LogP contribution in [0.2, 0.25) is 5.02 Å². The first-order valence-electron chi connectivity index (χ1n) is 6.85. The number of nitrogens with zero attached hydrogens (tertiary/aromatic N) is 4. The van der Waals surface area contributed by atoms with Gasteiger partial charge in [-0.05, 0) is 30.8 Å². The van der Waals surface area contributed by atoms with Gasteiger partial charge in [-0.1, -0.05) is 23.7 Å². The van der Waals surface area contributed by atoms with Gasteiger partial charge in [0.25, 0.3) is 0 Å². The summed E-state index contributed by atoms with van der Waals surface area (Å²) in [6.07, 6.45) is 5.36. The molecule has 2 aromatic heterocycles. The number of hydrogen-bond donors (Lipinski definition) is 0. The number of halogens is 1. The van der Waals surface area contributed by atoms with Crippen molar-refractivity contribution < 1.29 is 0 Å². The zero-order valence-electron chi connectivity index (χ0n) is 12.1. The summed E-state index contributed by atoms with van der Waals surface area (Å²) >= 11 is 7.65. The molecular formula is C16H15ClN4S. The minimum absolute atomic E-state index is 0.0395. The van der Waals surface area contributed by atoms with Crippen LogP contribution in [0.15, 0.2) is 54.3 Å². The lowest BCUT2D eigenvalue weighted by atomic mass is 10.0. The number of benzene rings is 1. The molecule has 6 heteroatoms. The molecule has 2 heterocycles. The van der Waals surface area contributed by atoms with Crippen LogP contribution in [0.5, 0.6) is 0 Å². The molecule has 0 unspecified atom stereocenters. The minimum Gasteiger partial charge on any atom is -0.286 e. The van der Waals surface area contributed by atoms with Gasteiger partial charge in [-0.3, -0.25) is 4.90 Å². The second-order valence-corrected chi connectivity index (χ2v) is 6.32. The minimum atomic E-state index is -0.0395. The predicted molar refractivity (Wildman–Crippen MR) is 88.9 cm³/mol. The van der Waals surface area contributed by atoms with Gasteiger partial charge in [0.05, 0.1) is 12.6 Å². The highest BCUT2D eigenvalue weighted by Crippen LogP contribution is 2.27. The average Bonchev–Trinajstić information content (AvgIpc) is 3.03. The van der Waals surface area contributed by atoms with Crippen LogP contribution in [0.4, 0.5) is 0 Å². The summed E-state index contributed by atoms with van der Waals surface area (Å²) in [5, 5.41) is 3.77. The Bertz CT molecular complexity index is 701. The second-order valence-electron chi connectivity index (χ2n) is 4.90. The van der Waals surface area contributed by atoms with Gasteiger partial charge in [0.1, 0.15) is 10.8 Å². The van der Waals surface area contributed by atoms with Crippen LogP contribution < -0.4 is 0 Å². The summed E-state index contributed by atoms with van der Waals surface area (Å²) in [6, 6.07) is 9.60. The molecule has 112 valence electrons. The summed E-state index contributed by atoms with van der Waals surface area (Å²) in [5.41, 5.74) is 1.11. The van der Waals surface area contributed by atoms with Crippen molar-refractivity contribution in [3.8, 4) is 0 Å². The molecule has 3 rings (SSSR count). The van der Waals surface area contributed by atoms with Gasteiger partial charge in [-0.2, -0.15) is 0 Å². The first-order valence-corrected chi connectivity index (χ1v) is 8.11. The number of aromatic nitrogens is 3. The quantitative estimate of drug-likeness (QED) is 0.713. The Labute approximate surface area is 138 Å². The lowest BCUT2D eigenvalue weighted by Gasteiger charge is -2.26. The lowest BCUT2D eigenvalue weighted by molar-refractivity contribution is 0.261. The van der Waals surface area contributed by atoms with E-state index in [9.17, 15) is 0 Å². The maximum absolute atomic E-state index is 6.00. The van der Waals surface area contributed by atoms with Gasteiger partial charge >= 0.3 is 0 Å². The molecule has 0 aliphatic carbocycles. The molecular weight excluding hydrogens is 316 g/mol. The fourth-order valence-corrected chi connectivity index (χ4v) is 3.14. The van der Waals surface area contributed by atoms with E-state index in [1.807, 2.05) is 41.9 Å². The van der Waals surface area contributed by atoms with Crippen molar-refractivity contribution in [2.24, 2.45) is 0 Å². The van der Waals surface area contributed by atoms with Crippen LogP contribution in [0, 0.1) is 0 Å². The molecule has 0 N–H and O–H groups in total. The SMILES string of the molecule is CN(Cc1nccs1)[C@@H](c1ccc(Cl)cc1)c1ncccn1. The average molecular weight is 331 g/mol. The Morgan fingerprint density at radius 1 is 1.09 bits per heavy atom. The monoisotopic (exact) mass is 330 g/mol. The molecule has 0 amide bonds. The van der Waals surface area contributed by atoms with Gasteiger partial charge in [0, 0.05) is 29.0 Å². The molecule has 0 aliphatic heterocycles. The van der Waals surface area contributed by atoms with Gasteiger partial charge in [0.15, 0.2) is 0 Å². The van der Waals surface area contributed by atoms with Gasteiger partial charge in [0.2, 0.25) is 0 Å². The van der Waals surface area contributed by atoms with Gasteiger partial charge < -0.3 is 0 Å². The zero-order valence-corrected chi connectivity index (χ0v) is 13.6. The van der Waals surface area contributed by atoms with Crippen LogP contribution in [0.25, 0.3) is 0 Å².